The van der Waals surface area contributed by atoms with Crippen LogP contribution in [0, 0.1) is 18.3 Å². The van der Waals surface area contributed by atoms with E-state index in [9.17, 15) is 0 Å². The first-order chi connectivity index (χ1) is 16.6. The minimum atomic E-state index is 0.547. The van der Waals surface area contributed by atoms with E-state index in [0.717, 1.165) is 62.3 Å². The Labute approximate surface area is 203 Å². The van der Waals surface area contributed by atoms with Crippen molar-refractivity contribution in [1.82, 2.24) is 14.9 Å². The SMILES string of the molecule is C=C(c1cc(-c2nc3c([nH]2)CCCC3)c(CC)cc1C)N1CCC(c2ccc(C#N)cc2)CC1. The standard InChI is InChI=1S/C30H34N4/c1-4-23-17-20(2)26(18-27(23)30-32-28-7-5-6-8-29(28)33-30)21(3)34-15-13-25(14-16-34)24-11-9-22(19-31)10-12-24/h9-12,17-18,25H,3-8,13-16H2,1-2H3,(H,32,33). The van der Waals surface area contributed by atoms with Gasteiger partial charge in [-0.05, 0) is 92.7 Å². The number of nitriles is 1. The highest BCUT2D eigenvalue weighted by molar-refractivity contribution is 5.73. The minimum Gasteiger partial charge on any atom is -0.371 e. The molecule has 1 N–H and O–H groups in total. The smallest absolute Gasteiger partial charge is 0.138 e. The third-order valence-corrected chi connectivity index (χ3v) is 7.74. The van der Waals surface area contributed by atoms with E-state index in [1.807, 2.05) is 12.1 Å². The normalized spacial score (nSPS) is 16.2. The fraction of sp³-hybridized carbons (Fsp3) is 0.400. The average Bonchev–Trinajstić information content (AvgIpc) is 3.32. The van der Waals surface area contributed by atoms with Crippen molar-refractivity contribution >= 4 is 5.70 Å². The molecule has 2 aliphatic rings. The predicted molar refractivity (Wildman–Crippen MR) is 139 cm³/mol. The molecular formula is C30H34N4. The molecule has 0 unspecified atom stereocenters. The van der Waals surface area contributed by atoms with E-state index in [1.54, 1.807) is 0 Å². The molecule has 174 valence electrons. The van der Waals surface area contributed by atoms with Crippen LogP contribution >= 0.6 is 0 Å². The molecule has 0 spiro atoms. The molecule has 1 aromatic heterocycles. The van der Waals surface area contributed by atoms with Gasteiger partial charge in [-0.25, -0.2) is 4.98 Å². The van der Waals surface area contributed by atoms with E-state index < -0.39 is 0 Å². The summed E-state index contributed by atoms with van der Waals surface area (Å²) in [6, 6.07) is 15.0. The molecule has 2 heterocycles. The number of hydrogen-bond donors (Lipinski definition) is 1. The van der Waals surface area contributed by atoms with Gasteiger partial charge in [-0.15, -0.1) is 0 Å². The van der Waals surface area contributed by atoms with Gasteiger partial charge < -0.3 is 9.88 Å². The molecule has 1 saturated heterocycles. The van der Waals surface area contributed by atoms with Crippen LogP contribution in [-0.2, 0) is 19.3 Å². The van der Waals surface area contributed by atoms with Gasteiger partial charge in [-0.1, -0.05) is 31.7 Å². The van der Waals surface area contributed by atoms with Crippen molar-refractivity contribution in [2.45, 2.75) is 64.7 Å². The number of nitrogens with zero attached hydrogens (tertiary/aromatic N) is 3. The van der Waals surface area contributed by atoms with Crippen molar-refractivity contribution in [3.05, 3.63) is 82.2 Å². The van der Waals surface area contributed by atoms with Gasteiger partial charge in [0.1, 0.15) is 5.82 Å². The summed E-state index contributed by atoms with van der Waals surface area (Å²) in [6.07, 6.45) is 7.90. The lowest BCUT2D eigenvalue weighted by atomic mass is 9.88. The van der Waals surface area contributed by atoms with Gasteiger partial charge in [0.25, 0.3) is 0 Å². The van der Waals surface area contributed by atoms with Crippen LogP contribution in [0.1, 0.15) is 77.7 Å². The summed E-state index contributed by atoms with van der Waals surface area (Å²) in [5.41, 5.74) is 10.9. The highest BCUT2D eigenvalue weighted by atomic mass is 15.1. The Hall–Kier alpha value is -3.32. The van der Waals surface area contributed by atoms with Crippen LogP contribution in [0.4, 0.5) is 0 Å². The van der Waals surface area contributed by atoms with Crippen molar-refractivity contribution in [3.63, 3.8) is 0 Å². The lowest BCUT2D eigenvalue weighted by molar-refractivity contribution is 0.299. The maximum Gasteiger partial charge on any atom is 0.138 e. The molecule has 1 fully saturated rings. The van der Waals surface area contributed by atoms with Crippen LogP contribution in [0.5, 0.6) is 0 Å². The highest BCUT2D eigenvalue weighted by Crippen LogP contribution is 2.35. The summed E-state index contributed by atoms with van der Waals surface area (Å²) >= 11 is 0. The lowest BCUT2D eigenvalue weighted by Crippen LogP contribution is -2.31. The summed E-state index contributed by atoms with van der Waals surface area (Å²) in [4.78, 5) is 11.1. The Balaban J connectivity index is 1.36. The predicted octanol–water partition coefficient (Wildman–Crippen LogP) is 6.55. The van der Waals surface area contributed by atoms with Gasteiger partial charge >= 0.3 is 0 Å². The van der Waals surface area contributed by atoms with Gasteiger partial charge in [0.15, 0.2) is 0 Å². The zero-order valence-corrected chi connectivity index (χ0v) is 20.5. The Morgan fingerprint density at radius 2 is 1.88 bits per heavy atom. The molecule has 1 aliphatic heterocycles. The quantitative estimate of drug-likeness (QED) is 0.480. The second-order valence-electron chi connectivity index (χ2n) is 9.84. The summed E-state index contributed by atoms with van der Waals surface area (Å²) in [5.74, 6) is 1.57. The molecule has 0 atom stereocenters. The molecule has 0 bridgehead atoms. The van der Waals surface area contributed by atoms with Gasteiger partial charge in [0.05, 0.1) is 17.3 Å². The van der Waals surface area contributed by atoms with E-state index in [0.29, 0.717) is 5.92 Å². The molecule has 4 nitrogen and oxygen atoms in total. The minimum absolute atomic E-state index is 0.547. The molecule has 0 radical (unpaired) electrons. The van der Waals surface area contributed by atoms with Crippen LogP contribution in [0.25, 0.3) is 17.1 Å². The highest BCUT2D eigenvalue weighted by Gasteiger charge is 2.24. The van der Waals surface area contributed by atoms with Gasteiger partial charge in [-0.2, -0.15) is 5.26 Å². The van der Waals surface area contributed by atoms with Gasteiger partial charge in [0.2, 0.25) is 0 Å². The topological polar surface area (TPSA) is 55.7 Å². The number of nitrogens with one attached hydrogen (secondary N) is 1. The number of hydrogen-bond acceptors (Lipinski definition) is 3. The maximum atomic E-state index is 9.06. The van der Waals surface area contributed by atoms with Crippen molar-refractivity contribution in [1.29, 1.82) is 5.26 Å². The number of aromatic nitrogens is 2. The summed E-state index contributed by atoms with van der Waals surface area (Å²) in [7, 11) is 0. The molecule has 2 aromatic carbocycles. The number of piperidine rings is 1. The van der Waals surface area contributed by atoms with Crippen molar-refractivity contribution in [3.8, 4) is 17.5 Å². The molecule has 4 heteroatoms. The number of aryl methyl sites for hydroxylation is 4. The molecule has 0 saturated carbocycles. The van der Waals surface area contributed by atoms with E-state index in [2.05, 4.69) is 60.6 Å². The Morgan fingerprint density at radius 1 is 1.15 bits per heavy atom. The number of fused-ring (bicyclic) bond motifs is 1. The molecule has 0 amide bonds. The number of aromatic amines is 1. The third-order valence-electron chi connectivity index (χ3n) is 7.74. The Kier molecular flexibility index (Phi) is 6.28. The number of likely N-dealkylation sites (tertiary alicyclic amines) is 1. The molecule has 3 aromatic rings. The van der Waals surface area contributed by atoms with Crippen molar-refractivity contribution in [2.75, 3.05) is 13.1 Å². The largest absolute Gasteiger partial charge is 0.371 e. The molecular weight excluding hydrogens is 416 g/mol. The van der Waals surface area contributed by atoms with Gasteiger partial charge in [-0.3, -0.25) is 0 Å². The first kappa shape index (κ1) is 22.5. The summed E-state index contributed by atoms with van der Waals surface area (Å²) in [6.45, 7) is 11.0. The fourth-order valence-corrected chi connectivity index (χ4v) is 5.66. The second kappa shape index (κ2) is 9.50. The Morgan fingerprint density at radius 3 is 2.56 bits per heavy atom. The monoisotopic (exact) mass is 450 g/mol. The van der Waals surface area contributed by atoms with Crippen LogP contribution in [0.3, 0.4) is 0 Å². The van der Waals surface area contributed by atoms with Crippen LogP contribution in [-0.4, -0.2) is 28.0 Å². The van der Waals surface area contributed by atoms with Crippen LogP contribution in [0.2, 0.25) is 0 Å². The zero-order chi connectivity index (χ0) is 23.7. The number of imidazole rings is 1. The molecule has 5 rings (SSSR count). The third kappa shape index (κ3) is 4.28. The van der Waals surface area contributed by atoms with E-state index in [4.69, 9.17) is 10.2 Å². The number of rotatable bonds is 5. The molecule has 1 aliphatic carbocycles. The lowest BCUT2D eigenvalue weighted by Gasteiger charge is -2.35. The fourth-order valence-electron chi connectivity index (χ4n) is 5.66. The first-order valence-corrected chi connectivity index (χ1v) is 12.7. The van der Waals surface area contributed by atoms with Crippen molar-refractivity contribution in [2.24, 2.45) is 0 Å². The van der Waals surface area contributed by atoms with E-state index in [1.165, 1.54) is 52.0 Å². The molecule has 34 heavy (non-hydrogen) atoms. The van der Waals surface area contributed by atoms with Gasteiger partial charge in [0, 0.05) is 35.6 Å². The first-order valence-electron chi connectivity index (χ1n) is 12.7. The summed E-state index contributed by atoms with van der Waals surface area (Å²) < 4.78 is 0. The van der Waals surface area contributed by atoms with E-state index >= 15 is 0 Å². The Bertz CT molecular complexity index is 1210. The van der Waals surface area contributed by atoms with Crippen LogP contribution < -0.4 is 0 Å². The maximum absolute atomic E-state index is 9.06. The average molecular weight is 451 g/mol. The van der Waals surface area contributed by atoms with E-state index in [-0.39, 0.29) is 0 Å². The second-order valence-corrected chi connectivity index (χ2v) is 9.84. The number of benzene rings is 2. The zero-order valence-electron chi connectivity index (χ0n) is 20.5. The van der Waals surface area contributed by atoms with Crippen LogP contribution in [0.15, 0.2) is 43.0 Å². The van der Waals surface area contributed by atoms with Crippen molar-refractivity contribution < 1.29 is 0 Å². The summed E-state index contributed by atoms with van der Waals surface area (Å²) in [5, 5.41) is 9.06. The number of H-pyrrole nitrogens is 1.